The third-order valence-corrected chi connectivity index (χ3v) is 2.33. The Morgan fingerprint density at radius 1 is 1.45 bits per heavy atom. The molecular formula is C8H17NO2. The molecule has 1 fully saturated rings. The maximum Gasteiger partial charge on any atom is 0.0469 e. The molecular weight excluding hydrogens is 142 g/mol. The molecule has 1 heterocycles. The van der Waals surface area contributed by atoms with Gasteiger partial charge in [-0.25, -0.2) is 0 Å². The summed E-state index contributed by atoms with van der Waals surface area (Å²) in [6, 6.07) is 0.170. The minimum Gasteiger partial charge on any atom is -0.396 e. The third kappa shape index (κ3) is 2.77. The van der Waals surface area contributed by atoms with E-state index in [4.69, 9.17) is 15.6 Å². The van der Waals surface area contributed by atoms with Crippen molar-refractivity contribution in [2.75, 3.05) is 19.8 Å². The SMILES string of the molecule is N[C@H](CCO)C1CCOCC1. The highest BCUT2D eigenvalue weighted by molar-refractivity contribution is 4.74. The molecule has 0 aromatic heterocycles. The third-order valence-electron chi connectivity index (χ3n) is 2.33. The topological polar surface area (TPSA) is 55.5 Å². The molecule has 1 saturated heterocycles. The number of nitrogens with two attached hydrogens (primary N) is 1. The van der Waals surface area contributed by atoms with E-state index in [-0.39, 0.29) is 12.6 Å². The highest BCUT2D eigenvalue weighted by atomic mass is 16.5. The van der Waals surface area contributed by atoms with Crippen LogP contribution < -0.4 is 5.73 Å². The Hall–Kier alpha value is -0.120. The van der Waals surface area contributed by atoms with E-state index in [1.165, 1.54) is 0 Å². The maximum absolute atomic E-state index is 8.66. The summed E-state index contributed by atoms with van der Waals surface area (Å²) in [4.78, 5) is 0. The normalized spacial score (nSPS) is 23.5. The lowest BCUT2D eigenvalue weighted by molar-refractivity contribution is 0.0553. The van der Waals surface area contributed by atoms with E-state index in [0.29, 0.717) is 5.92 Å². The molecule has 0 aromatic carbocycles. The molecule has 0 aliphatic carbocycles. The van der Waals surface area contributed by atoms with Crippen molar-refractivity contribution in [1.29, 1.82) is 0 Å². The van der Waals surface area contributed by atoms with Gasteiger partial charge in [-0.1, -0.05) is 0 Å². The lowest BCUT2D eigenvalue weighted by Crippen LogP contribution is -2.34. The van der Waals surface area contributed by atoms with Crippen LogP contribution in [-0.2, 0) is 4.74 Å². The standard InChI is InChI=1S/C8H17NO2/c9-8(1-4-10)7-2-5-11-6-3-7/h7-8,10H,1-6,9H2/t8-/m1/s1. The van der Waals surface area contributed by atoms with E-state index in [2.05, 4.69) is 0 Å². The first kappa shape index (κ1) is 8.97. The van der Waals surface area contributed by atoms with Gasteiger partial charge < -0.3 is 15.6 Å². The predicted molar refractivity (Wildman–Crippen MR) is 43.2 cm³/mol. The molecule has 0 spiro atoms. The van der Waals surface area contributed by atoms with Crippen LogP contribution in [0.15, 0.2) is 0 Å². The number of aliphatic hydroxyl groups is 1. The fourth-order valence-corrected chi connectivity index (χ4v) is 1.53. The zero-order chi connectivity index (χ0) is 8.10. The molecule has 11 heavy (non-hydrogen) atoms. The van der Waals surface area contributed by atoms with E-state index in [1.807, 2.05) is 0 Å². The summed E-state index contributed by atoms with van der Waals surface area (Å²) in [7, 11) is 0. The summed E-state index contributed by atoms with van der Waals surface area (Å²) in [5.41, 5.74) is 5.84. The fourth-order valence-electron chi connectivity index (χ4n) is 1.53. The first-order chi connectivity index (χ1) is 5.34. The molecule has 66 valence electrons. The van der Waals surface area contributed by atoms with Crippen LogP contribution >= 0.6 is 0 Å². The number of hydrogen-bond acceptors (Lipinski definition) is 3. The van der Waals surface area contributed by atoms with E-state index < -0.39 is 0 Å². The quantitative estimate of drug-likeness (QED) is 0.615. The fraction of sp³-hybridized carbons (Fsp3) is 1.00. The second-order valence-electron chi connectivity index (χ2n) is 3.13. The lowest BCUT2D eigenvalue weighted by Gasteiger charge is -2.26. The Kier molecular flexibility index (Phi) is 3.83. The summed E-state index contributed by atoms with van der Waals surface area (Å²) in [5.74, 6) is 0.566. The zero-order valence-electron chi connectivity index (χ0n) is 6.83. The van der Waals surface area contributed by atoms with Gasteiger partial charge in [0.05, 0.1) is 0 Å². The molecule has 1 aliphatic rings. The number of aliphatic hydroxyl groups excluding tert-OH is 1. The molecule has 3 nitrogen and oxygen atoms in total. The van der Waals surface area contributed by atoms with E-state index in [9.17, 15) is 0 Å². The van der Waals surface area contributed by atoms with Crippen molar-refractivity contribution in [2.45, 2.75) is 25.3 Å². The molecule has 0 saturated carbocycles. The van der Waals surface area contributed by atoms with Crippen LogP contribution in [0.3, 0.4) is 0 Å². The van der Waals surface area contributed by atoms with Crippen LogP contribution in [0.25, 0.3) is 0 Å². The number of ether oxygens (including phenoxy) is 1. The predicted octanol–water partition coefficient (Wildman–Crippen LogP) is 0.123. The molecule has 1 aliphatic heterocycles. The molecule has 3 N–H and O–H groups in total. The second-order valence-corrected chi connectivity index (χ2v) is 3.13. The summed E-state index contributed by atoms with van der Waals surface area (Å²) in [6.45, 7) is 1.88. The molecule has 0 aromatic rings. The monoisotopic (exact) mass is 159 g/mol. The van der Waals surface area contributed by atoms with Crippen LogP contribution in [0.4, 0.5) is 0 Å². The van der Waals surface area contributed by atoms with Crippen LogP contribution in [0.1, 0.15) is 19.3 Å². The molecule has 0 amide bonds. The van der Waals surface area contributed by atoms with Gasteiger partial charge in [0.25, 0.3) is 0 Å². The van der Waals surface area contributed by atoms with E-state index in [0.717, 1.165) is 32.5 Å². The first-order valence-electron chi connectivity index (χ1n) is 4.28. The Morgan fingerprint density at radius 2 is 2.09 bits per heavy atom. The lowest BCUT2D eigenvalue weighted by atomic mass is 9.91. The van der Waals surface area contributed by atoms with Crippen LogP contribution in [0.2, 0.25) is 0 Å². The van der Waals surface area contributed by atoms with Gasteiger partial charge >= 0.3 is 0 Å². The number of rotatable bonds is 3. The van der Waals surface area contributed by atoms with Crippen LogP contribution in [0.5, 0.6) is 0 Å². The van der Waals surface area contributed by atoms with Crippen LogP contribution in [-0.4, -0.2) is 31.0 Å². The van der Waals surface area contributed by atoms with Crippen molar-refractivity contribution >= 4 is 0 Å². The van der Waals surface area contributed by atoms with Gasteiger partial charge in [0.15, 0.2) is 0 Å². The minimum absolute atomic E-state index is 0.170. The average molecular weight is 159 g/mol. The Labute approximate surface area is 67.5 Å². The van der Waals surface area contributed by atoms with Gasteiger partial charge in [0.1, 0.15) is 0 Å². The van der Waals surface area contributed by atoms with Gasteiger partial charge in [-0.15, -0.1) is 0 Å². The molecule has 0 bridgehead atoms. The molecule has 1 atom stereocenters. The van der Waals surface area contributed by atoms with Crippen molar-refractivity contribution in [2.24, 2.45) is 11.7 Å². The first-order valence-corrected chi connectivity index (χ1v) is 4.28. The Balaban J connectivity index is 2.21. The average Bonchev–Trinajstić information content (AvgIpc) is 2.07. The van der Waals surface area contributed by atoms with Gasteiger partial charge in [-0.2, -0.15) is 0 Å². The molecule has 3 heteroatoms. The maximum atomic E-state index is 8.66. The molecule has 1 rings (SSSR count). The Morgan fingerprint density at radius 3 is 2.64 bits per heavy atom. The van der Waals surface area contributed by atoms with Gasteiger partial charge in [0.2, 0.25) is 0 Å². The molecule has 0 unspecified atom stereocenters. The minimum atomic E-state index is 0.170. The summed E-state index contributed by atoms with van der Waals surface area (Å²) in [5, 5.41) is 8.66. The van der Waals surface area contributed by atoms with Crippen molar-refractivity contribution in [3.8, 4) is 0 Å². The Bertz CT molecular complexity index is 102. The van der Waals surface area contributed by atoms with E-state index in [1.54, 1.807) is 0 Å². The highest BCUT2D eigenvalue weighted by Gasteiger charge is 2.19. The summed E-state index contributed by atoms with van der Waals surface area (Å²) >= 11 is 0. The number of hydrogen-bond donors (Lipinski definition) is 2. The summed E-state index contributed by atoms with van der Waals surface area (Å²) < 4.78 is 5.21. The van der Waals surface area contributed by atoms with Gasteiger partial charge in [-0.05, 0) is 25.2 Å². The second kappa shape index (κ2) is 4.70. The van der Waals surface area contributed by atoms with Crippen molar-refractivity contribution in [1.82, 2.24) is 0 Å². The summed E-state index contributed by atoms with van der Waals surface area (Å²) in [6.07, 6.45) is 2.84. The molecule has 0 radical (unpaired) electrons. The van der Waals surface area contributed by atoms with Crippen molar-refractivity contribution in [3.63, 3.8) is 0 Å². The highest BCUT2D eigenvalue weighted by Crippen LogP contribution is 2.18. The van der Waals surface area contributed by atoms with E-state index >= 15 is 0 Å². The van der Waals surface area contributed by atoms with Crippen molar-refractivity contribution in [3.05, 3.63) is 0 Å². The van der Waals surface area contributed by atoms with Crippen LogP contribution in [0, 0.1) is 5.92 Å². The van der Waals surface area contributed by atoms with Crippen molar-refractivity contribution < 1.29 is 9.84 Å². The van der Waals surface area contributed by atoms with Gasteiger partial charge in [-0.3, -0.25) is 0 Å². The largest absolute Gasteiger partial charge is 0.396 e. The van der Waals surface area contributed by atoms with Gasteiger partial charge in [0, 0.05) is 25.9 Å². The zero-order valence-corrected chi connectivity index (χ0v) is 6.83. The smallest absolute Gasteiger partial charge is 0.0469 e.